The summed E-state index contributed by atoms with van der Waals surface area (Å²) < 4.78 is 28.2. The number of rotatable bonds is 5. The van der Waals surface area contributed by atoms with E-state index in [4.69, 9.17) is 0 Å². The fourth-order valence-electron chi connectivity index (χ4n) is 2.79. The summed E-state index contributed by atoms with van der Waals surface area (Å²) in [4.78, 5) is 12.3. The van der Waals surface area contributed by atoms with Crippen molar-refractivity contribution in [2.45, 2.75) is 30.7 Å². The molecule has 0 radical (unpaired) electrons. The molecule has 0 saturated carbocycles. The van der Waals surface area contributed by atoms with Crippen LogP contribution in [-0.2, 0) is 14.8 Å². The molecule has 0 aliphatic heterocycles. The normalized spacial score (nSPS) is 16.0. The number of hydrogen-bond acceptors (Lipinski definition) is 3. The number of benzene rings is 2. The van der Waals surface area contributed by atoms with Crippen LogP contribution in [0.15, 0.2) is 71.1 Å². The molecule has 0 amide bonds. The molecule has 0 heterocycles. The molecule has 0 spiro atoms. The minimum Gasteiger partial charge on any atom is -0.294 e. The topological polar surface area (TPSA) is 63.2 Å². The lowest BCUT2D eigenvalue weighted by Crippen LogP contribution is -2.31. The summed E-state index contributed by atoms with van der Waals surface area (Å²) in [7, 11) is -3.73. The molecule has 4 nitrogen and oxygen atoms in total. The largest absolute Gasteiger partial charge is 0.294 e. The molecule has 2 aromatic carbocycles. The predicted octanol–water partition coefficient (Wildman–Crippen LogP) is 3.30. The van der Waals surface area contributed by atoms with Crippen molar-refractivity contribution >= 4 is 15.8 Å². The average molecular weight is 341 g/mol. The highest BCUT2D eigenvalue weighted by molar-refractivity contribution is 7.89. The van der Waals surface area contributed by atoms with Crippen LogP contribution in [0.1, 0.15) is 30.0 Å². The van der Waals surface area contributed by atoms with Gasteiger partial charge in [0.1, 0.15) is 0 Å². The van der Waals surface area contributed by atoms with Crippen LogP contribution in [-0.4, -0.2) is 14.2 Å². The number of nitrogens with one attached hydrogen (secondary N) is 1. The molecular weight excluding hydrogens is 322 g/mol. The molecule has 1 atom stereocenters. The van der Waals surface area contributed by atoms with Crippen LogP contribution >= 0.6 is 0 Å². The van der Waals surface area contributed by atoms with Crippen LogP contribution in [0.5, 0.6) is 0 Å². The van der Waals surface area contributed by atoms with Gasteiger partial charge in [-0.15, -0.1) is 0 Å². The van der Waals surface area contributed by atoms with Gasteiger partial charge >= 0.3 is 0 Å². The van der Waals surface area contributed by atoms with Crippen molar-refractivity contribution in [2.75, 3.05) is 0 Å². The van der Waals surface area contributed by atoms with E-state index in [0.717, 1.165) is 11.1 Å². The first-order valence-electron chi connectivity index (χ1n) is 7.84. The zero-order chi connectivity index (χ0) is 17.2. The van der Waals surface area contributed by atoms with Gasteiger partial charge in [-0.05, 0) is 31.0 Å². The molecular formula is C19H19NO3S. The number of Topliss-reactive ketones (excluding diaryl/α,β-unsaturated/α-hetero) is 1. The lowest BCUT2D eigenvalue weighted by atomic mass is 9.98. The smallest absolute Gasteiger partial charge is 0.241 e. The molecule has 0 aromatic heterocycles. The second kappa shape index (κ2) is 6.71. The molecule has 1 N–H and O–H groups in total. The van der Waals surface area contributed by atoms with Crippen LogP contribution in [0, 0.1) is 6.92 Å². The molecule has 0 saturated heterocycles. The van der Waals surface area contributed by atoms with Gasteiger partial charge in [-0.2, -0.15) is 4.72 Å². The maximum atomic E-state index is 12.7. The van der Waals surface area contributed by atoms with E-state index >= 15 is 0 Å². The molecule has 1 aliphatic rings. The summed E-state index contributed by atoms with van der Waals surface area (Å²) in [6.45, 7) is 1.90. The van der Waals surface area contributed by atoms with Crippen LogP contribution in [0.25, 0.3) is 0 Å². The third-order valence-corrected chi connectivity index (χ3v) is 5.54. The summed E-state index contributed by atoms with van der Waals surface area (Å²) >= 11 is 0. The molecule has 0 fully saturated rings. The Morgan fingerprint density at radius 2 is 1.67 bits per heavy atom. The lowest BCUT2D eigenvalue weighted by Gasteiger charge is -2.20. The number of ketones is 1. The van der Waals surface area contributed by atoms with Crippen molar-refractivity contribution in [3.05, 3.63) is 77.4 Å². The van der Waals surface area contributed by atoms with Crippen molar-refractivity contribution in [3.8, 4) is 0 Å². The van der Waals surface area contributed by atoms with Gasteiger partial charge < -0.3 is 0 Å². The first kappa shape index (κ1) is 16.6. The fourth-order valence-corrected chi connectivity index (χ4v) is 4.00. The Bertz CT molecular complexity index is 869. The Morgan fingerprint density at radius 3 is 2.25 bits per heavy atom. The molecule has 2 aromatic rings. The second-order valence-electron chi connectivity index (χ2n) is 5.90. The number of aryl methyl sites for hydroxylation is 1. The summed E-state index contributed by atoms with van der Waals surface area (Å²) in [6, 6.07) is 15.2. The maximum Gasteiger partial charge on any atom is 0.241 e. The Balaban J connectivity index is 1.98. The van der Waals surface area contributed by atoms with E-state index in [9.17, 15) is 13.2 Å². The lowest BCUT2D eigenvalue weighted by molar-refractivity contribution is -0.115. The molecule has 1 unspecified atom stereocenters. The van der Waals surface area contributed by atoms with E-state index in [1.54, 1.807) is 24.3 Å². The predicted molar refractivity (Wildman–Crippen MR) is 93.0 cm³/mol. The Labute approximate surface area is 142 Å². The van der Waals surface area contributed by atoms with Crippen molar-refractivity contribution in [2.24, 2.45) is 0 Å². The zero-order valence-electron chi connectivity index (χ0n) is 13.4. The number of carbonyl (C=O) groups excluding carboxylic acids is 1. The summed E-state index contributed by atoms with van der Waals surface area (Å²) in [5.74, 6) is -0.00420. The van der Waals surface area contributed by atoms with Crippen LogP contribution in [0.3, 0.4) is 0 Å². The third-order valence-electron chi connectivity index (χ3n) is 4.11. The Kier molecular flexibility index (Phi) is 4.64. The van der Waals surface area contributed by atoms with E-state index in [2.05, 4.69) is 4.72 Å². The van der Waals surface area contributed by atoms with E-state index in [1.807, 2.05) is 43.3 Å². The SMILES string of the molecule is Cc1ccc(S(=O)(=O)NC(C2=CCCC2=O)c2ccccc2)cc1. The minimum absolute atomic E-state index is 0.00420. The Morgan fingerprint density at radius 1 is 1.00 bits per heavy atom. The highest BCUT2D eigenvalue weighted by atomic mass is 32.2. The van der Waals surface area contributed by atoms with Gasteiger partial charge in [0.15, 0.2) is 5.78 Å². The monoisotopic (exact) mass is 341 g/mol. The highest BCUT2D eigenvalue weighted by Gasteiger charge is 2.29. The summed E-state index contributed by atoms with van der Waals surface area (Å²) in [6.07, 6.45) is 2.92. The molecule has 124 valence electrons. The number of sulfonamides is 1. The van der Waals surface area contributed by atoms with Gasteiger partial charge in [0.05, 0.1) is 10.9 Å². The minimum atomic E-state index is -3.73. The summed E-state index contributed by atoms with van der Waals surface area (Å²) in [5.41, 5.74) is 2.27. The van der Waals surface area contributed by atoms with Gasteiger partial charge in [0, 0.05) is 12.0 Å². The second-order valence-corrected chi connectivity index (χ2v) is 7.61. The van der Waals surface area contributed by atoms with Gasteiger partial charge in [-0.3, -0.25) is 4.79 Å². The van der Waals surface area contributed by atoms with Gasteiger partial charge in [-0.25, -0.2) is 8.42 Å². The number of hydrogen-bond donors (Lipinski definition) is 1. The van der Waals surface area contributed by atoms with Crippen LogP contribution < -0.4 is 4.72 Å². The number of allylic oxidation sites excluding steroid dienone is 1. The van der Waals surface area contributed by atoms with Crippen molar-refractivity contribution < 1.29 is 13.2 Å². The molecule has 0 bridgehead atoms. The quantitative estimate of drug-likeness (QED) is 0.907. The molecule has 3 rings (SSSR count). The first-order valence-corrected chi connectivity index (χ1v) is 9.33. The zero-order valence-corrected chi connectivity index (χ0v) is 14.2. The van der Waals surface area contributed by atoms with Gasteiger partial charge in [0.25, 0.3) is 0 Å². The van der Waals surface area contributed by atoms with Crippen molar-refractivity contribution in [1.82, 2.24) is 4.72 Å². The third kappa shape index (κ3) is 3.47. The van der Waals surface area contributed by atoms with Gasteiger partial charge in [-0.1, -0.05) is 54.1 Å². The number of carbonyl (C=O) groups is 1. The van der Waals surface area contributed by atoms with Crippen LogP contribution in [0.2, 0.25) is 0 Å². The summed E-state index contributed by atoms with van der Waals surface area (Å²) in [5, 5.41) is 0. The fraction of sp³-hybridized carbons (Fsp3) is 0.211. The maximum absolute atomic E-state index is 12.7. The van der Waals surface area contributed by atoms with E-state index in [-0.39, 0.29) is 10.7 Å². The van der Waals surface area contributed by atoms with E-state index in [1.165, 1.54) is 0 Å². The highest BCUT2D eigenvalue weighted by Crippen LogP contribution is 2.30. The average Bonchev–Trinajstić information content (AvgIpc) is 3.00. The van der Waals surface area contributed by atoms with E-state index in [0.29, 0.717) is 18.4 Å². The van der Waals surface area contributed by atoms with Gasteiger partial charge in [0.2, 0.25) is 10.0 Å². The van der Waals surface area contributed by atoms with Crippen LogP contribution in [0.4, 0.5) is 0 Å². The Hall–Kier alpha value is -2.24. The van der Waals surface area contributed by atoms with E-state index < -0.39 is 16.1 Å². The first-order chi connectivity index (χ1) is 11.5. The molecule has 5 heteroatoms. The van der Waals surface area contributed by atoms with Crippen molar-refractivity contribution in [1.29, 1.82) is 0 Å². The standard InChI is InChI=1S/C19H19NO3S/c1-14-10-12-16(13-11-14)24(22,23)20-19(15-6-3-2-4-7-15)17-8-5-9-18(17)21/h2-4,6-8,10-13,19-20H,5,9H2,1H3. The molecule has 1 aliphatic carbocycles. The molecule has 24 heavy (non-hydrogen) atoms. The van der Waals surface area contributed by atoms with Crippen molar-refractivity contribution in [3.63, 3.8) is 0 Å².